The number of carbonyl (C=O) groups is 6. The lowest BCUT2D eigenvalue weighted by Crippen LogP contribution is -2.54. The van der Waals surface area contributed by atoms with Crippen molar-refractivity contribution in [1.82, 2.24) is 15.5 Å². The standard InChI is InChI=1S/C29H39N3O8/c1-29(2,3)40-24(35)14-7-5-4-6-8-17-30-22(33)13-10-18-39-21-12-9-11-19-25(21)28(38)32(27(19)37)20-15-16-23(34)31-26(20)36/h9,11-12,20H,4-8,10,13-18H2,1-3H3,(H,30,33)(H,31,34,36). The number of imide groups is 2. The van der Waals surface area contributed by atoms with Crippen LogP contribution in [0.5, 0.6) is 5.75 Å². The zero-order valence-corrected chi connectivity index (χ0v) is 23.5. The molecule has 1 atom stereocenters. The molecule has 2 aliphatic rings. The van der Waals surface area contributed by atoms with Gasteiger partial charge in [0.2, 0.25) is 17.7 Å². The Labute approximate surface area is 234 Å². The minimum absolute atomic E-state index is 0.0467. The summed E-state index contributed by atoms with van der Waals surface area (Å²) in [6.45, 7) is 6.30. The van der Waals surface area contributed by atoms with Gasteiger partial charge < -0.3 is 14.8 Å². The number of unbranched alkanes of at least 4 members (excludes halogenated alkanes) is 4. The van der Waals surface area contributed by atoms with Crippen LogP contribution in [-0.2, 0) is 23.9 Å². The summed E-state index contributed by atoms with van der Waals surface area (Å²) in [6.07, 6.45) is 5.73. The summed E-state index contributed by atoms with van der Waals surface area (Å²) in [5, 5.41) is 5.06. The van der Waals surface area contributed by atoms with Gasteiger partial charge in [-0.15, -0.1) is 0 Å². The van der Waals surface area contributed by atoms with E-state index in [1.807, 2.05) is 20.8 Å². The van der Waals surface area contributed by atoms with Crippen molar-refractivity contribution in [2.45, 2.75) is 96.6 Å². The average molecular weight is 558 g/mol. The van der Waals surface area contributed by atoms with Crippen LogP contribution in [0, 0.1) is 0 Å². The van der Waals surface area contributed by atoms with Gasteiger partial charge in [0.15, 0.2) is 0 Å². The highest BCUT2D eigenvalue weighted by Gasteiger charge is 2.46. The molecule has 0 bridgehead atoms. The predicted octanol–water partition coefficient (Wildman–Crippen LogP) is 3.05. The third-order valence-electron chi connectivity index (χ3n) is 6.54. The highest BCUT2D eigenvalue weighted by atomic mass is 16.6. The number of amides is 5. The van der Waals surface area contributed by atoms with Crippen LogP contribution in [-0.4, -0.2) is 65.2 Å². The number of hydrogen-bond acceptors (Lipinski definition) is 8. The van der Waals surface area contributed by atoms with Gasteiger partial charge in [0.05, 0.1) is 17.7 Å². The Hall–Kier alpha value is -3.76. The highest BCUT2D eigenvalue weighted by molar-refractivity contribution is 6.24. The van der Waals surface area contributed by atoms with Crippen molar-refractivity contribution in [3.63, 3.8) is 0 Å². The van der Waals surface area contributed by atoms with Crippen molar-refractivity contribution >= 4 is 35.5 Å². The molecule has 1 unspecified atom stereocenters. The van der Waals surface area contributed by atoms with Crippen LogP contribution >= 0.6 is 0 Å². The van der Waals surface area contributed by atoms with Crippen LogP contribution in [0.25, 0.3) is 0 Å². The molecule has 0 aliphatic carbocycles. The fraction of sp³-hybridized carbons (Fsp3) is 0.586. The van der Waals surface area contributed by atoms with Gasteiger partial charge in [0.1, 0.15) is 17.4 Å². The van der Waals surface area contributed by atoms with Gasteiger partial charge in [-0.05, 0) is 58.6 Å². The van der Waals surface area contributed by atoms with E-state index in [0.717, 1.165) is 37.0 Å². The third-order valence-corrected chi connectivity index (χ3v) is 6.54. The number of nitrogens with zero attached hydrogens (tertiary/aromatic N) is 1. The molecule has 11 heteroatoms. The van der Waals surface area contributed by atoms with Crippen LogP contribution in [0.1, 0.15) is 106 Å². The second kappa shape index (κ2) is 14.0. The first kappa shape index (κ1) is 30.8. The Morgan fingerprint density at radius 3 is 2.42 bits per heavy atom. The van der Waals surface area contributed by atoms with E-state index < -0.39 is 35.3 Å². The van der Waals surface area contributed by atoms with E-state index in [2.05, 4.69) is 10.6 Å². The number of benzene rings is 1. The van der Waals surface area contributed by atoms with Gasteiger partial charge in [-0.1, -0.05) is 25.3 Å². The van der Waals surface area contributed by atoms with Crippen molar-refractivity contribution in [2.75, 3.05) is 13.2 Å². The van der Waals surface area contributed by atoms with Crippen LogP contribution in [0.4, 0.5) is 0 Å². The molecule has 1 aromatic carbocycles. The summed E-state index contributed by atoms with van der Waals surface area (Å²) in [4.78, 5) is 74.4. The molecule has 3 rings (SSSR count). The number of ether oxygens (including phenoxy) is 2. The average Bonchev–Trinajstić information content (AvgIpc) is 3.13. The first-order valence-corrected chi connectivity index (χ1v) is 13.9. The Morgan fingerprint density at radius 1 is 0.975 bits per heavy atom. The third kappa shape index (κ3) is 8.62. The van der Waals surface area contributed by atoms with Crippen molar-refractivity contribution in [2.24, 2.45) is 0 Å². The molecule has 0 aromatic heterocycles. The lowest BCUT2D eigenvalue weighted by atomic mass is 10.0. The molecular weight excluding hydrogens is 518 g/mol. The Kier molecular flexibility index (Phi) is 10.8. The first-order chi connectivity index (χ1) is 19.0. The first-order valence-electron chi connectivity index (χ1n) is 13.9. The number of carbonyl (C=O) groups excluding carboxylic acids is 6. The summed E-state index contributed by atoms with van der Waals surface area (Å²) < 4.78 is 11.0. The van der Waals surface area contributed by atoms with Gasteiger partial charge >= 0.3 is 5.97 Å². The number of piperidine rings is 1. The maximum Gasteiger partial charge on any atom is 0.306 e. The predicted molar refractivity (Wildman–Crippen MR) is 144 cm³/mol. The molecule has 2 aliphatic heterocycles. The van der Waals surface area contributed by atoms with Gasteiger partial charge in [-0.3, -0.25) is 39.0 Å². The molecule has 1 fully saturated rings. The molecular formula is C29H39N3O8. The minimum atomic E-state index is -1.04. The zero-order valence-electron chi connectivity index (χ0n) is 23.5. The van der Waals surface area contributed by atoms with Crippen LogP contribution in [0.3, 0.4) is 0 Å². The maximum atomic E-state index is 13.1. The van der Waals surface area contributed by atoms with E-state index in [1.165, 1.54) is 6.07 Å². The second-order valence-corrected chi connectivity index (χ2v) is 11.0. The summed E-state index contributed by atoms with van der Waals surface area (Å²) in [6, 6.07) is 3.63. The largest absolute Gasteiger partial charge is 0.493 e. The van der Waals surface area contributed by atoms with E-state index >= 15 is 0 Å². The summed E-state index contributed by atoms with van der Waals surface area (Å²) in [5.74, 6) is -2.37. The van der Waals surface area contributed by atoms with Crippen LogP contribution in [0.15, 0.2) is 18.2 Å². The molecule has 5 amide bonds. The summed E-state index contributed by atoms with van der Waals surface area (Å²) in [5.41, 5.74) is -0.216. The summed E-state index contributed by atoms with van der Waals surface area (Å²) in [7, 11) is 0. The zero-order chi connectivity index (χ0) is 29.3. The molecule has 0 radical (unpaired) electrons. The number of nitrogens with one attached hydrogen (secondary N) is 2. The Bertz CT molecular complexity index is 1140. The molecule has 0 saturated carbocycles. The van der Waals surface area contributed by atoms with E-state index in [4.69, 9.17) is 9.47 Å². The second-order valence-electron chi connectivity index (χ2n) is 11.0. The Balaban J connectivity index is 1.32. The molecule has 40 heavy (non-hydrogen) atoms. The SMILES string of the molecule is CC(C)(C)OC(=O)CCCCCCCNC(=O)CCCOc1cccc2c1C(=O)N(C1CCC(=O)NC1=O)C2=O. The fourth-order valence-electron chi connectivity index (χ4n) is 4.65. The molecule has 1 saturated heterocycles. The molecule has 2 N–H and O–H groups in total. The number of fused-ring (bicyclic) bond motifs is 1. The molecule has 1 aromatic rings. The number of esters is 1. The van der Waals surface area contributed by atoms with E-state index in [0.29, 0.717) is 19.4 Å². The van der Waals surface area contributed by atoms with Crippen molar-refractivity contribution in [3.8, 4) is 5.75 Å². The fourth-order valence-corrected chi connectivity index (χ4v) is 4.65. The number of rotatable bonds is 14. The van der Waals surface area contributed by atoms with E-state index in [9.17, 15) is 28.8 Å². The van der Waals surface area contributed by atoms with Crippen molar-refractivity contribution in [3.05, 3.63) is 29.3 Å². The molecule has 0 spiro atoms. The molecule has 2 heterocycles. The lowest BCUT2D eigenvalue weighted by molar-refractivity contribution is -0.155. The summed E-state index contributed by atoms with van der Waals surface area (Å²) >= 11 is 0. The molecule has 11 nitrogen and oxygen atoms in total. The highest BCUT2D eigenvalue weighted by Crippen LogP contribution is 2.33. The van der Waals surface area contributed by atoms with Gasteiger partial charge in [0.25, 0.3) is 11.8 Å². The quantitative estimate of drug-likeness (QED) is 0.201. The monoisotopic (exact) mass is 557 g/mol. The number of hydrogen-bond donors (Lipinski definition) is 2. The molecule has 218 valence electrons. The van der Waals surface area contributed by atoms with Crippen molar-refractivity contribution in [1.29, 1.82) is 0 Å². The van der Waals surface area contributed by atoms with Crippen molar-refractivity contribution < 1.29 is 38.2 Å². The smallest absolute Gasteiger partial charge is 0.306 e. The Morgan fingerprint density at radius 2 is 1.70 bits per heavy atom. The van der Waals surface area contributed by atoms with Crippen LogP contribution in [0.2, 0.25) is 0 Å². The van der Waals surface area contributed by atoms with Crippen LogP contribution < -0.4 is 15.4 Å². The van der Waals surface area contributed by atoms with Gasteiger partial charge in [0, 0.05) is 25.8 Å². The lowest BCUT2D eigenvalue weighted by Gasteiger charge is -2.27. The maximum absolute atomic E-state index is 13.1. The normalized spacial score (nSPS) is 17.0. The topological polar surface area (TPSA) is 148 Å². The minimum Gasteiger partial charge on any atom is -0.493 e. The van der Waals surface area contributed by atoms with E-state index in [1.54, 1.807) is 12.1 Å². The van der Waals surface area contributed by atoms with Gasteiger partial charge in [-0.25, -0.2) is 0 Å². The van der Waals surface area contributed by atoms with E-state index in [-0.39, 0.29) is 54.6 Å². The van der Waals surface area contributed by atoms with Gasteiger partial charge in [-0.2, -0.15) is 0 Å².